The Kier molecular flexibility index (Phi) is 3.50. The summed E-state index contributed by atoms with van der Waals surface area (Å²) in [5, 5.41) is 9.98. The first-order valence-corrected chi connectivity index (χ1v) is 6.81. The number of carboxylic acids is 1. The summed E-state index contributed by atoms with van der Waals surface area (Å²) in [6.45, 7) is 0. The minimum absolute atomic E-state index is 0.251. The SMILES string of the molecule is O=C(O)c1ccn(-c2ccccc2Cl)c1-c1ccccc1. The van der Waals surface area contributed by atoms with Crippen LogP contribution in [0, 0.1) is 0 Å². The molecule has 0 unspecified atom stereocenters. The highest BCUT2D eigenvalue weighted by Crippen LogP contribution is 2.31. The number of rotatable bonds is 3. The van der Waals surface area contributed by atoms with E-state index in [9.17, 15) is 9.90 Å². The quantitative estimate of drug-likeness (QED) is 0.773. The summed E-state index contributed by atoms with van der Waals surface area (Å²) in [5.74, 6) is -0.959. The molecule has 0 spiro atoms. The third-order valence-electron chi connectivity index (χ3n) is 3.28. The first-order valence-electron chi connectivity index (χ1n) is 6.43. The number of hydrogen-bond donors (Lipinski definition) is 1. The van der Waals surface area contributed by atoms with Crippen molar-refractivity contribution < 1.29 is 9.90 Å². The summed E-state index contributed by atoms with van der Waals surface area (Å²) in [4.78, 5) is 11.5. The molecular weight excluding hydrogens is 286 g/mol. The Morgan fingerprint density at radius 3 is 2.29 bits per heavy atom. The van der Waals surface area contributed by atoms with Crippen molar-refractivity contribution in [2.75, 3.05) is 0 Å². The van der Waals surface area contributed by atoms with Crippen LogP contribution in [0.25, 0.3) is 16.9 Å². The van der Waals surface area contributed by atoms with Gasteiger partial charge in [-0.05, 0) is 23.8 Å². The molecule has 0 aliphatic rings. The van der Waals surface area contributed by atoms with E-state index in [2.05, 4.69) is 0 Å². The van der Waals surface area contributed by atoms with Crippen LogP contribution >= 0.6 is 11.6 Å². The van der Waals surface area contributed by atoms with Crippen LogP contribution < -0.4 is 0 Å². The molecule has 0 saturated heterocycles. The Morgan fingerprint density at radius 2 is 1.62 bits per heavy atom. The maximum absolute atomic E-state index is 11.5. The van der Waals surface area contributed by atoms with Crippen molar-refractivity contribution in [1.29, 1.82) is 0 Å². The average Bonchev–Trinajstić information content (AvgIpc) is 2.93. The number of benzene rings is 2. The van der Waals surface area contributed by atoms with E-state index in [4.69, 9.17) is 11.6 Å². The molecule has 0 aliphatic heterocycles. The van der Waals surface area contributed by atoms with Crippen LogP contribution in [-0.4, -0.2) is 15.6 Å². The molecule has 104 valence electrons. The van der Waals surface area contributed by atoms with Crippen LogP contribution in [0.4, 0.5) is 0 Å². The highest BCUT2D eigenvalue weighted by molar-refractivity contribution is 6.32. The molecule has 0 bridgehead atoms. The van der Waals surface area contributed by atoms with Crippen LogP contribution in [0.15, 0.2) is 66.9 Å². The lowest BCUT2D eigenvalue weighted by atomic mass is 10.1. The highest BCUT2D eigenvalue weighted by Gasteiger charge is 2.18. The number of nitrogens with zero attached hydrogens (tertiary/aromatic N) is 1. The molecule has 0 radical (unpaired) electrons. The number of hydrogen-bond acceptors (Lipinski definition) is 1. The summed E-state index contributed by atoms with van der Waals surface area (Å²) >= 11 is 6.24. The lowest BCUT2D eigenvalue weighted by Gasteiger charge is -2.12. The molecule has 1 aromatic heterocycles. The van der Waals surface area contributed by atoms with Gasteiger partial charge in [0.2, 0.25) is 0 Å². The lowest BCUT2D eigenvalue weighted by Crippen LogP contribution is -2.02. The molecule has 0 amide bonds. The van der Waals surface area contributed by atoms with Gasteiger partial charge in [0.05, 0.1) is 22.0 Å². The van der Waals surface area contributed by atoms with E-state index < -0.39 is 5.97 Å². The second kappa shape index (κ2) is 5.46. The van der Waals surface area contributed by atoms with E-state index in [0.717, 1.165) is 11.3 Å². The monoisotopic (exact) mass is 297 g/mol. The Labute approximate surface area is 127 Å². The number of halogens is 1. The van der Waals surface area contributed by atoms with Gasteiger partial charge in [0, 0.05) is 6.20 Å². The van der Waals surface area contributed by atoms with E-state index in [1.54, 1.807) is 22.9 Å². The van der Waals surface area contributed by atoms with Crippen molar-refractivity contribution in [3.05, 3.63) is 77.4 Å². The molecule has 21 heavy (non-hydrogen) atoms. The van der Waals surface area contributed by atoms with Crippen LogP contribution in [0.3, 0.4) is 0 Å². The van der Waals surface area contributed by atoms with Gasteiger partial charge >= 0.3 is 5.97 Å². The molecule has 1 heterocycles. The third-order valence-corrected chi connectivity index (χ3v) is 3.60. The second-order valence-electron chi connectivity index (χ2n) is 4.57. The van der Waals surface area contributed by atoms with E-state index in [1.165, 1.54) is 0 Å². The first-order chi connectivity index (χ1) is 10.2. The summed E-state index contributed by atoms with van der Waals surface area (Å²) in [7, 11) is 0. The van der Waals surface area contributed by atoms with Crippen molar-refractivity contribution >= 4 is 17.6 Å². The summed E-state index contributed by atoms with van der Waals surface area (Å²) in [6, 6.07) is 18.4. The molecular formula is C17H12ClNO2. The van der Waals surface area contributed by atoms with Crippen molar-refractivity contribution in [3.8, 4) is 16.9 Å². The van der Waals surface area contributed by atoms with E-state index >= 15 is 0 Å². The Hall–Kier alpha value is -2.52. The Bertz CT molecular complexity index is 794. The van der Waals surface area contributed by atoms with Crippen molar-refractivity contribution in [2.24, 2.45) is 0 Å². The largest absolute Gasteiger partial charge is 0.478 e. The van der Waals surface area contributed by atoms with Gasteiger partial charge in [-0.3, -0.25) is 0 Å². The highest BCUT2D eigenvalue weighted by atomic mass is 35.5. The van der Waals surface area contributed by atoms with Gasteiger partial charge in [0.1, 0.15) is 0 Å². The van der Waals surface area contributed by atoms with Gasteiger partial charge < -0.3 is 9.67 Å². The molecule has 4 heteroatoms. The molecule has 0 aliphatic carbocycles. The second-order valence-corrected chi connectivity index (χ2v) is 4.98. The number of para-hydroxylation sites is 1. The Morgan fingerprint density at radius 1 is 0.952 bits per heavy atom. The predicted octanol–water partition coefficient (Wildman–Crippen LogP) is 4.50. The molecule has 2 aromatic carbocycles. The molecule has 0 atom stereocenters. The number of carboxylic acid groups (broad SMARTS) is 1. The molecule has 0 fully saturated rings. The summed E-state index contributed by atoms with van der Waals surface area (Å²) in [6.07, 6.45) is 1.73. The molecule has 3 aromatic rings. The van der Waals surface area contributed by atoms with E-state index in [0.29, 0.717) is 10.7 Å². The minimum atomic E-state index is -0.959. The maximum atomic E-state index is 11.5. The zero-order valence-corrected chi connectivity index (χ0v) is 11.8. The van der Waals surface area contributed by atoms with Crippen LogP contribution in [0.5, 0.6) is 0 Å². The van der Waals surface area contributed by atoms with Crippen LogP contribution in [0.2, 0.25) is 5.02 Å². The van der Waals surface area contributed by atoms with Crippen LogP contribution in [-0.2, 0) is 0 Å². The molecule has 0 saturated carbocycles. The van der Waals surface area contributed by atoms with Gasteiger partial charge in [0.15, 0.2) is 0 Å². The number of aromatic carboxylic acids is 1. The molecule has 1 N–H and O–H groups in total. The fraction of sp³-hybridized carbons (Fsp3) is 0. The third kappa shape index (κ3) is 2.43. The maximum Gasteiger partial charge on any atom is 0.337 e. The average molecular weight is 298 g/mol. The fourth-order valence-corrected chi connectivity index (χ4v) is 2.57. The number of aromatic nitrogens is 1. The topological polar surface area (TPSA) is 42.2 Å². The fourth-order valence-electron chi connectivity index (χ4n) is 2.34. The van der Waals surface area contributed by atoms with Gasteiger partial charge in [-0.25, -0.2) is 4.79 Å². The summed E-state index contributed by atoms with van der Waals surface area (Å²) < 4.78 is 1.81. The van der Waals surface area contributed by atoms with Crippen LogP contribution in [0.1, 0.15) is 10.4 Å². The van der Waals surface area contributed by atoms with E-state index in [-0.39, 0.29) is 5.56 Å². The van der Waals surface area contributed by atoms with Gasteiger partial charge in [-0.2, -0.15) is 0 Å². The van der Waals surface area contributed by atoms with Crippen molar-refractivity contribution in [1.82, 2.24) is 4.57 Å². The summed E-state index contributed by atoms with van der Waals surface area (Å²) in [5.41, 5.74) is 2.46. The zero-order chi connectivity index (χ0) is 14.8. The zero-order valence-electron chi connectivity index (χ0n) is 11.0. The molecule has 3 rings (SSSR count). The van der Waals surface area contributed by atoms with Gasteiger partial charge in [-0.1, -0.05) is 54.1 Å². The lowest BCUT2D eigenvalue weighted by molar-refractivity contribution is 0.0698. The number of carbonyl (C=O) groups is 1. The van der Waals surface area contributed by atoms with Gasteiger partial charge in [-0.15, -0.1) is 0 Å². The standard InChI is InChI=1S/C17H12ClNO2/c18-14-8-4-5-9-15(14)19-11-10-13(17(20)21)16(19)12-6-2-1-3-7-12/h1-11H,(H,20,21). The smallest absolute Gasteiger partial charge is 0.337 e. The Balaban J connectivity index is 2.28. The van der Waals surface area contributed by atoms with Gasteiger partial charge in [0.25, 0.3) is 0 Å². The van der Waals surface area contributed by atoms with Crippen molar-refractivity contribution in [3.63, 3.8) is 0 Å². The normalized spacial score (nSPS) is 10.5. The first kappa shape index (κ1) is 13.5. The molecule has 3 nitrogen and oxygen atoms in total. The van der Waals surface area contributed by atoms with Crippen molar-refractivity contribution in [2.45, 2.75) is 0 Å². The minimum Gasteiger partial charge on any atom is -0.478 e. The van der Waals surface area contributed by atoms with E-state index in [1.807, 2.05) is 48.5 Å². The predicted molar refractivity (Wildman–Crippen MR) is 83.2 cm³/mol.